The predicted molar refractivity (Wildman–Crippen MR) is 144 cm³/mol. The number of nitrogens with one attached hydrogen (secondary N) is 4. The van der Waals surface area contributed by atoms with Crippen molar-refractivity contribution in [3.63, 3.8) is 0 Å². The lowest BCUT2D eigenvalue weighted by Gasteiger charge is -2.21. The first kappa shape index (κ1) is 21.4. The van der Waals surface area contributed by atoms with Gasteiger partial charge in [-0.2, -0.15) is 0 Å². The molecule has 4 unspecified atom stereocenters. The Morgan fingerprint density at radius 1 is 0.667 bits per heavy atom. The van der Waals surface area contributed by atoms with Crippen molar-refractivity contribution in [3.05, 3.63) is 59.4 Å². The first-order chi connectivity index (χ1) is 17.8. The highest BCUT2D eigenvalue weighted by Crippen LogP contribution is 2.58. The Balaban J connectivity index is 1.15. The van der Waals surface area contributed by atoms with Crippen LogP contribution in [0.1, 0.15) is 91.6 Å². The maximum Gasteiger partial charge on any atom is 0.123 e. The van der Waals surface area contributed by atoms with E-state index in [1.807, 2.05) is 17.5 Å². The number of rotatable bonds is 5. The molecule has 0 radical (unpaired) electrons. The van der Waals surface area contributed by atoms with E-state index in [0.717, 1.165) is 30.4 Å². The monoisotopic (exact) mass is 496 g/mol. The third kappa shape index (κ3) is 3.36. The van der Waals surface area contributed by atoms with Crippen LogP contribution in [0.15, 0.2) is 36.7 Å². The molecule has 3 aromatic heterocycles. The highest BCUT2D eigenvalue weighted by Gasteiger charge is 2.40. The van der Waals surface area contributed by atoms with Gasteiger partial charge in [0.05, 0.1) is 40.7 Å². The molecule has 6 nitrogen and oxygen atoms in total. The summed E-state index contributed by atoms with van der Waals surface area (Å²) in [6.07, 6.45) is 12.8. The van der Waals surface area contributed by atoms with Crippen molar-refractivity contribution in [2.75, 3.05) is 13.1 Å². The van der Waals surface area contributed by atoms with Crippen molar-refractivity contribution >= 4 is 11.3 Å². The molecule has 4 aromatic rings. The Kier molecular flexibility index (Phi) is 4.98. The molecule has 4 N–H and O–H groups in total. The summed E-state index contributed by atoms with van der Waals surface area (Å²) in [6, 6.07) is 10.1. The second kappa shape index (κ2) is 8.40. The first-order valence-corrected chi connectivity index (χ1v) is 14.5. The van der Waals surface area contributed by atoms with Gasteiger partial charge in [-0.15, -0.1) is 11.3 Å². The van der Waals surface area contributed by atoms with Crippen molar-refractivity contribution < 1.29 is 0 Å². The fourth-order valence-corrected chi connectivity index (χ4v) is 8.24. The maximum atomic E-state index is 4.78. The molecule has 7 heteroatoms. The molecule has 2 bridgehead atoms. The van der Waals surface area contributed by atoms with Crippen LogP contribution in [0, 0.1) is 0 Å². The summed E-state index contributed by atoms with van der Waals surface area (Å²) in [6.45, 7) is 2.18. The van der Waals surface area contributed by atoms with Gasteiger partial charge in [0.2, 0.25) is 0 Å². The third-order valence-electron chi connectivity index (χ3n) is 8.94. The quantitative estimate of drug-likeness (QED) is 0.257. The molecule has 5 heterocycles. The van der Waals surface area contributed by atoms with Crippen LogP contribution in [0.5, 0.6) is 0 Å². The molecule has 1 saturated carbocycles. The molecule has 4 aliphatic rings. The number of fused-ring (bicyclic) bond motifs is 5. The summed E-state index contributed by atoms with van der Waals surface area (Å²) in [5.74, 6) is 3.55. The second-order valence-electron chi connectivity index (χ2n) is 11.0. The molecular formula is C29H32N6S. The second-order valence-corrected chi connectivity index (χ2v) is 12.1. The van der Waals surface area contributed by atoms with Crippen LogP contribution >= 0.6 is 11.3 Å². The largest absolute Gasteiger partial charge is 0.341 e. The van der Waals surface area contributed by atoms with Crippen molar-refractivity contribution in [3.8, 4) is 32.3 Å². The van der Waals surface area contributed by atoms with Gasteiger partial charge in [-0.1, -0.05) is 12.1 Å². The fraction of sp³-hybridized carbons (Fsp3) is 0.448. The normalized spacial score (nSPS) is 26.8. The van der Waals surface area contributed by atoms with Crippen LogP contribution in [0.4, 0.5) is 0 Å². The summed E-state index contributed by atoms with van der Waals surface area (Å²) < 4.78 is 0. The molecular weight excluding hydrogens is 464 g/mol. The molecule has 4 atom stereocenters. The molecule has 184 valence electrons. The zero-order chi connectivity index (χ0) is 23.6. The molecule has 3 fully saturated rings. The number of hydrogen-bond acceptors (Lipinski definition) is 5. The lowest BCUT2D eigenvalue weighted by Crippen LogP contribution is -2.14. The lowest BCUT2D eigenvalue weighted by molar-refractivity contribution is 0.613. The topological polar surface area (TPSA) is 81.4 Å². The molecule has 0 spiro atoms. The minimum atomic E-state index is 0.372. The van der Waals surface area contributed by atoms with Crippen LogP contribution in [-0.4, -0.2) is 33.0 Å². The van der Waals surface area contributed by atoms with E-state index in [1.165, 1.54) is 71.5 Å². The summed E-state index contributed by atoms with van der Waals surface area (Å²) in [5.41, 5.74) is 8.32. The fourth-order valence-electron chi connectivity index (χ4n) is 7.22. The highest BCUT2D eigenvalue weighted by molar-refractivity contribution is 7.18. The number of aromatic amines is 2. The number of aromatic nitrogens is 4. The predicted octanol–water partition coefficient (Wildman–Crippen LogP) is 6.41. The van der Waals surface area contributed by atoms with E-state index in [9.17, 15) is 0 Å². The molecule has 1 aromatic carbocycles. The molecule has 2 saturated heterocycles. The average molecular weight is 497 g/mol. The lowest BCUT2D eigenvalue weighted by atomic mass is 9.84. The van der Waals surface area contributed by atoms with Crippen molar-refractivity contribution in [2.24, 2.45) is 0 Å². The number of hydrogen-bond donors (Lipinski definition) is 4. The van der Waals surface area contributed by atoms with Crippen LogP contribution in [0.25, 0.3) is 32.3 Å². The first-order valence-electron chi connectivity index (χ1n) is 13.7. The van der Waals surface area contributed by atoms with Gasteiger partial charge in [0.25, 0.3) is 0 Å². The Labute approximate surface area is 215 Å². The average Bonchev–Trinajstić information content (AvgIpc) is 3.77. The zero-order valence-corrected chi connectivity index (χ0v) is 21.3. The van der Waals surface area contributed by atoms with E-state index in [1.54, 1.807) is 11.1 Å². The molecule has 8 rings (SSSR count). The number of nitrogens with zero attached hydrogens (tertiary/aromatic N) is 2. The highest BCUT2D eigenvalue weighted by atomic mass is 32.1. The minimum absolute atomic E-state index is 0.372. The molecule has 2 aliphatic carbocycles. The zero-order valence-electron chi connectivity index (χ0n) is 20.4. The summed E-state index contributed by atoms with van der Waals surface area (Å²) >= 11 is 1.89. The van der Waals surface area contributed by atoms with Crippen molar-refractivity contribution in [1.82, 2.24) is 30.6 Å². The van der Waals surface area contributed by atoms with E-state index in [2.05, 4.69) is 51.1 Å². The van der Waals surface area contributed by atoms with E-state index in [4.69, 9.17) is 9.97 Å². The molecule has 2 aliphatic heterocycles. The van der Waals surface area contributed by atoms with Crippen LogP contribution in [0.2, 0.25) is 0 Å². The standard InChI is InChI=1S/C29H32N6S/c1-3-20(30-11-1)28-32-14-22(34-28)18-7-8-19(27-17-6-5-16(13-17)26(18)27)24-9-10-25(36-24)23-15-33-29(35-23)21-4-2-12-31-21/h7-10,14-17,20-21,30-31H,1-6,11-13H2,(H,32,34)(H,33,35). The van der Waals surface area contributed by atoms with Gasteiger partial charge in [-0.05, 0) is 98.7 Å². The molecule has 0 amide bonds. The number of benzene rings is 1. The Morgan fingerprint density at radius 3 is 1.97 bits per heavy atom. The summed E-state index contributed by atoms with van der Waals surface area (Å²) in [5, 5.41) is 7.13. The Bertz CT molecular complexity index is 1420. The maximum absolute atomic E-state index is 4.78. The minimum Gasteiger partial charge on any atom is -0.341 e. The number of imidazole rings is 2. The number of H-pyrrole nitrogens is 2. The number of thiophene rings is 1. The van der Waals surface area contributed by atoms with E-state index < -0.39 is 0 Å². The smallest absolute Gasteiger partial charge is 0.123 e. The van der Waals surface area contributed by atoms with Crippen LogP contribution in [-0.2, 0) is 0 Å². The van der Waals surface area contributed by atoms with Gasteiger partial charge in [-0.3, -0.25) is 0 Å². The van der Waals surface area contributed by atoms with Gasteiger partial charge in [0, 0.05) is 10.4 Å². The SMILES string of the molecule is c1nc(C2CCCN2)[nH]c1-c1ccc(-c2ccc(-c3cnc(C4CCCN4)[nH]3)c3c2C2CCC3C2)s1. The molecule has 36 heavy (non-hydrogen) atoms. The van der Waals surface area contributed by atoms with Gasteiger partial charge in [-0.25, -0.2) is 9.97 Å². The Hall–Kier alpha value is -2.74. The van der Waals surface area contributed by atoms with Crippen LogP contribution < -0.4 is 10.6 Å². The van der Waals surface area contributed by atoms with Crippen molar-refractivity contribution in [2.45, 2.75) is 68.9 Å². The Morgan fingerprint density at radius 2 is 1.28 bits per heavy atom. The van der Waals surface area contributed by atoms with Crippen LogP contribution in [0.3, 0.4) is 0 Å². The van der Waals surface area contributed by atoms with E-state index >= 15 is 0 Å². The van der Waals surface area contributed by atoms with Gasteiger partial charge in [0.1, 0.15) is 11.6 Å². The summed E-state index contributed by atoms with van der Waals surface area (Å²) in [7, 11) is 0. The van der Waals surface area contributed by atoms with E-state index in [0.29, 0.717) is 23.9 Å². The summed E-state index contributed by atoms with van der Waals surface area (Å²) in [4.78, 5) is 19.4. The van der Waals surface area contributed by atoms with Gasteiger partial charge in [0.15, 0.2) is 0 Å². The van der Waals surface area contributed by atoms with Gasteiger partial charge >= 0.3 is 0 Å². The third-order valence-corrected chi connectivity index (χ3v) is 10.1. The van der Waals surface area contributed by atoms with E-state index in [-0.39, 0.29) is 0 Å². The van der Waals surface area contributed by atoms with Crippen molar-refractivity contribution in [1.29, 1.82) is 0 Å². The van der Waals surface area contributed by atoms with Gasteiger partial charge < -0.3 is 20.6 Å².